The van der Waals surface area contributed by atoms with Gasteiger partial charge in [0, 0.05) is 18.6 Å². The molecule has 7 nitrogen and oxygen atoms in total. The Kier molecular flexibility index (Phi) is 4.83. The van der Waals surface area contributed by atoms with E-state index in [0.29, 0.717) is 19.0 Å². The maximum atomic E-state index is 12.3. The van der Waals surface area contributed by atoms with Crippen LogP contribution < -0.4 is 10.6 Å². The van der Waals surface area contributed by atoms with Crippen LogP contribution in [0.25, 0.3) is 0 Å². The third kappa shape index (κ3) is 4.46. The summed E-state index contributed by atoms with van der Waals surface area (Å²) in [6, 6.07) is 0.463. The van der Waals surface area contributed by atoms with Gasteiger partial charge in [0.05, 0.1) is 6.54 Å². The van der Waals surface area contributed by atoms with E-state index in [4.69, 9.17) is 4.42 Å². The highest BCUT2D eigenvalue weighted by molar-refractivity contribution is 5.92. The van der Waals surface area contributed by atoms with Gasteiger partial charge in [0.2, 0.25) is 5.89 Å². The minimum absolute atomic E-state index is 0.0804. The highest BCUT2D eigenvalue weighted by atomic mass is 16.3. The first-order chi connectivity index (χ1) is 11.2. The third-order valence-corrected chi connectivity index (χ3v) is 4.06. The normalized spacial score (nSPS) is 16.9. The van der Waals surface area contributed by atoms with Crippen molar-refractivity contribution in [2.45, 2.75) is 64.1 Å². The topological polar surface area (TPSA) is 87.5 Å². The molecule has 0 spiro atoms. The van der Waals surface area contributed by atoms with Crippen molar-refractivity contribution in [2.24, 2.45) is 0 Å². The van der Waals surface area contributed by atoms with Crippen molar-refractivity contribution in [3.8, 4) is 0 Å². The maximum Gasteiger partial charge on any atom is 0.318 e. The lowest BCUT2D eigenvalue weighted by molar-refractivity contribution is 0.0946. The lowest BCUT2D eigenvalue weighted by Gasteiger charge is -2.21. The molecule has 7 heteroatoms. The van der Waals surface area contributed by atoms with Gasteiger partial charge in [-0.1, -0.05) is 13.3 Å². The first-order valence-electron chi connectivity index (χ1n) is 8.47. The van der Waals surface area contributed by atoms with Gasteiger partial charge in [0.25, 0.3) is 5.91 Å². The summed E-state index contributed by atoms with van der Waals surface area (Å²) in [5.74, 6) is 0.205. The molecular weight excluding hydrogens is 296 g/mol. The number of carbonyl (C=O) groups excluding carboxylic acids is 2. The van der Waals surface area contributed by atoms with Crippen molar-refractivity contribution in [1.29, 1.82) is 0 Å². The smallest absolute Gasteiger partial charge is 0.318 e. The standard InChI is InChI=1S/C16H24N4O3/c1-2-3-8-17-16(22)20(12-6-7-12)9-14-19-13(10-23-14)15(21)18-11-4-5-11/h10-12H,2-9H2,1H3,(H,17,22)(H,18,21). The van der Waals surface area contributed by atoms with E-state index in [2.05, 4.69) is 22.5 Å². The van der Waals surface area contributed by atoms with Crippen molar-refractivity contribution in [3.63, 3.8) is 0 Å². The van der Waals surface area contributed by atoms with Crippen LogP contribution in [0.15, 0.2) is 10.7 Å². The SMILES string of the molecule is CCCCNC(=O)N(Cc1nc(C(=O)NC2CC2)co1)C1CC1. The molecule has 1 aromatic heterocycles. The zero-order valence-electron chi connectivity index (χ0n) is 13.5. The van der Waals surface area contributed by atoms with Crippen LogP contribution >= 0.6 is 0 Å². The summed E-state index contributed by atoms with van der Waals surface area (Å²) in [7, 11) is 0. The number of aromatic nitrogens is 1. The zero-order chi connectivity index (χ0) is 16.2. The number of nitrogens with zero attached hydrogens (tertiary/aromatic N) is 2. The summed E-state index contributed by atoms with van der Waals surface area (Å²) < 4.78 is 5.38. The Morgan fingerprint density at radius 2 is 2.13 bits per heavy atom. The summed E-state index contributed by atoms with van der Waals surface area (Å²) in [6.07, 6.45) is 7.46. The van der Waals surface area contributed by atoms with E-state index in [0.717, 1.165) is 38.5 Å². The van der Waals surface area contributed by atoms with Gasteiger partial charge in [-0.25, -0.2) is 9.78 Å². The molecule has 0 saturated heterocycles. The lowest BCUT2D eigenvalue weighted by Crippen LogP contribution is -2.41. The van der Waals surface area contributed by atoms with Crippen LogP contribution in [0.3, 0.4) is 0 Å². The third-order valence-electron chi connectivity index (χ3n) is 4.06. The largest absolute Gasteiger partial charge is 0.446 e. The van der Waals surface area contributed by atoms with Gasteiger partial charge in [-0.2, -0.15) is 0 Å². The molecule has 1 heterocycles. The quantitative estimate of drug-likeness (QED) is 0.718. The monoisotopic (exact) mass is 320 g/mol. The Labute approximate surface area is 135 Å². The lowest BCUT2D eigenvalue weighted by atomic mass is 10.3. The van der Waals surface area contributed by atoms with E-state index in [1.165, 1.54) is 6.26 Å². The average Bonchev–Trinajstić information content (AvgIpc) is 3.46. The molecule has 0 radical (unpaired) electrons. The number of rotatable bonds is 8. The van der Waals surface area contributed by atoms with Crippen LogP contribution in [0.5, 0.6) is 0 Å². The summed E-state index contributed by atoms with van der Waals surface area (Å²) in [4.78, 5) is 30.2. The number of amides is 3. The molecule has 126 valence electrons. The molecule has 0 atom stereocenters. The van der Waals surface area contributed by atoms with Gasteiger partial charge in [-0.15, -0.1) is 0 Å². The molecule has 0 unspecified atom stereocenters. The molecule has 0 aliphatic heterocycles. The number of oxazole rings is 1. The van der Waals surface area contributed by atoms with Gasteiger partial charge in [0.15, 0.2) is 5.69 Å². The molecule has 23 heavy (non-hydrogen) atoms. The number of carbonyl (C=O) groups is 2. The van der Waals surface area contributed by atoms with E-state index in [1.807, 2.05) is 0 Å². The molecule has 2 saturated carbocycles. The summed E-state index contributed by atoms with van der Waals surface area (Å²) in [6.45, 7) is 3.07. The van der Waals surface area contributed by atoms with Gasteiger partial charge in [0.1, 0.15) is 6.26 Å². The second-order valence-corrected chi connectivity index (χ2v) is 6.32. The van der Waals surface area contributed by atoms with E-state index < -0.39 is 0 Å². The Hall–Kier alpha value is -2.05. The van der Waals surface area contributed by atoms with E-state index in [-0.39, 0.29) is 29.7 Å². The Morgan fingerprint density at radius 1 is 1.35 bits per heavy atom. The fourth-order valence-corrected chi connectivity index (χ4v) is 2.35. The molecule has 3 rings (SSSR count). The van der Waals surface area contributed by atoms with E-state index in [1.54, 1.807) is 4.90 Å². The highest BCUT2D eigenvalue weighted by Gasteiger charge is 2.33. The van der Waals surface area contributed by atoms with Gasteiger partial charge >= 0.3 is 6.03 Å². The van der Waals surface area contributed by atoms with Gasteiger partial charge in [-0.3, -0.25) is 4.79 Å². The molecule has 0 bridgehead atoms. The fourth-order valence-electron chi connectivity index (χ4n) is 2.35. The van der Waals surface area contributed by atoms with Crippen molar-refractivity contribution < 1.29 is 14.0 Å². The zero-order valence-corrected chi connectivity index (χ0v) is 13.5. The van der Waals surface area contributed by atoms with Gasteiger partial charge in [-0.05, 0) is 32.1 Å². The van der Waals surface area contributed by atoms with Crippen molar-refractivity contribution in [1.82, 2.24) is 20.5 Å². The second kappa shape index (κ2) is 7.02. The fraction of sp³-hybridized carbons (Fsp3) is 0.688. The summed E-state index contributed by atoms with van der Waals surface area (Å²) >= 11 is 0. The van der Waals surface area contributed by atoms with Gasteiger partial charge < -0.3 is 20.0 Å². The molecule has 2 aliphatic rings. The van der Waals surface area contributed by atoms with Crippen molar-refractivity contribution in [3.05, 3.63) is 17.8 Å². The van der Waals surface area contributed by atoms with Crippen LogP contribution in [0.4, 0.5) is 4.79 Å². The highest BCUT2D eigenvalue weighted by Crippen LogP contribution is 2.28. The molecule has 1 aromatic rings. The Morgan fingerprint density at radius 3 is 2.78 bits per heavy atom. The molecule has 2 aliphatic carbocycles. The Bertz CT molecular complexity index is 563. The first-order valence-corrected chi connectivity index (χ1v) is 8.47. The molecule has 0 aromatic carbocycles. The predicted octanol–water partition coefficient (Wildman–Crippen LogP) is 2.04. The molecule has 3 amide bonds. The minimum atomic E-state index is -0.201. The summed E-state index contributed by atoms with van der Waals surface area (Å²) in [5.41, 5.74) is 0.286. The number of nitrogens with one attached hydrogen (secondary N) is 2. The second-order valence-electron chi connectivity index (χ2n) is 6.32. The number of urea groups is 1. The van der Waals surface area contributed by atoms with Crippen LogP contribution in [0.2, 0.25) is 0 Å². The average molecular weight is 320 g/mol. The maximum absolute atomic E-state index is 12.3. The van der Waals surface area contributed by atoms with Crippen LogP contribution in [0, 0.1) is 0 Å². The number of hydrogen-bond donors (Lipinski definition) is 2. The van der Waals surface area contributed by atoms with E-state index in [9.17, 15) is 9.59 Å². The van der Waals surface area contributed by atoms with Crippen LogP contribution in [0.1, 0.15) is 61.8 Å². The molecule has 2 N–H and O–H groups in total. The molecule has 2 fully saturated rings. The van der Waals surface area contributed by atoms with Crippen LogP contribution in [-0.4, -0.2) is 40.5 Å². The predicted molar refractivity (Wildman–Crippen MR) is 83.9 cm³/mol. The Balaban J connectivity index is 1.56. The van der Waals surface area contributed by atoms with Crippen molar-refractivity contribution in [2.75, 3.05) is 6.54 Å². The van der Waals surface area contributed by atoms with E-state index >= 15 is 0 Å². The number of hydrogen-bond acceptors (Lipinski definition) is 4. The number of unbranched alkanes of at least 4 members (excludes halogenated alkanes) is 1. The van der Waals surface area contributed by atoms with Crippen LogP contribution in [-0.2, 0) is 6.54 Å². The first kappa shape index (κ1) is 15.8. The molecular formula is C16H24N4O3. The van der Waals surface area contributed by atoms with Crippen molar-refractivity contribution >= 4 is 11.9 Å². The summed E-state index contributed by atoms with van der Waals surface area (Å²) in [5, 5.41) is 5.80. The minimum Gasteiger partial charge on any atom is -0.446 e.